The molecule has 0 amide bonds. The second kappa shape index (κ2) is 5.58. The van der Waals surface area contributed by atoms with Crippen LogP contribution in [0.1, 0.15) is 15.2 Å². The number of thiophene rings is 1. The third-order valence-corrected chi connectivity index (χ3v) is 4.35. The minimum Gasteiger partial charge on any atom is -0.477 e. The Morgan fingerprint density at radius 3 is 2.94 bits per heavy atom. The fourth-order valence-corrected chi connectivity index (χ4v) is 3.41. The normalized spacial score (nSPS) is 10.4. The van der Waals surface area contributed by atoms with Crippen molar-refractivity contribution in [2.75, 3.05) is 0 Å². The van der Waals surface area contributed by atoms with E-state index < -0.39 is 5.97 Å². The SMILES string of the molecule is O=C(O)c1sccc1CSc1cccc(Cl)c1. The van der Waals surface area contributed by atoms with Crippen molar-refractivity contribution in [2.45, 2.75) is 10.6 Å². The molecular formula is C12H9ClO2S2. The lowest BCUT2D eigenvalue weighted by molar-refractivity contribution is 0.0701. The van der Waals surface area contributed by atoms with Crippen molar-refractivity contribution < 1.29 is 9.90 Å². The van der Waals surface area contributed by atoms with Gasteiger partial charge in [0.2, 0.25) is 0 Å². The summed E-state index contributed by atoms with van der Waals surface area (Å²) in [5.74, 6) is -0.215. The van der Waals surface area contributed by atoms with Crippen LogP contribution in [0.4, 0.5) is 0 Å². The van der Waals surface area contributed by atoms with Gasteiger partial charge in [-0.2, -0.15) is 0 Å². The molecule has 88 valence electrons. The van der Waals surface area contributed by atoms with Crippen molar-refractivity contribution in [3.8, 4) is 0 Å². The van der Waals surface area contributed by atoms with Gasteiger partial charge in [-0.25, -0.2) is 4.79 Å². The highest BCUT2D eigenvalue weighted by atomic mass is 35.5. The highest BCUT2D eigenvalue weighted by Crippen LogP contribution is 2.28. The predicted molar refractivity (Wildman–Crippen MR) is 72.3 cm³/mol. The van der Waals surface area contributed by atoms with E-state index in [1.807, 2.05) is 30.3 Å². The van der Waals surface area contributed by atoms with Gasteiger partial charge in [0.15, 0.2) is 0 Å². The first-order valence-electron chi connectivity index (χ1n) is 4.85. The fourth-order valence-electron chi connectivity index (χ4n) is 1.35. The van der Waals surface area contributed by atoms with Crippen LogP contribution in [0.5, 0.6) is 0 Å². The molecule has 1 heterocycles. The van der Waals surface area contributed by atoms with Crippen LogP contribution in [-0.4, -0.2) is 11.1 Å². The molecule has 0 saturated carbocycles. The Morgan fingerprint density at radius 1 is 1.41 bits per heavy atom. The van der Waals surface area contributed by atoms with E-state index in [9.17, 15) is 4.79 Å². The molecule has 0 spiro atoms. The van der Waals surface area contributed by atoms with Crippen LogP contribution < -0.4 is 0 Å². The van der Waals surface area contributed by atoms with Gasteiger partial charge in [0.1, 0.15) is 4.88 Å². The molecule has 0 bridgehead atoms. The standard InChI is InChI=1S/C12H9ClO2S2/c13-9-2-1-3-10(6-9)17-7-8-4-5-16-11(8)12(14)15/h1-6H,7H2,(H,14,15). The van der Waals surface area contributed by atoms with Crippen LogP contribution >= 0.6 is 34.7 Å². The minimum absolute atomic E-state index is 0.416. The van der Waals surface area contributed by atoms with E-state index in [-0.39, 0.29) is 0 Å². The van der Waals surface area contributed by atoms with Gasteiger partial charge >= 0.3 is 5.97 Å². The summed E-state index contributed by atoms with van der Waals surface area (Å²) in [6.45, 7) is 0. The number of carbonyl (C=O) groups is 1. The number of hydrogen-bond donors (Lipinski definition) is 1. The second-order valence-electron chi connectivity index (χ2n) is 3.33. The number of rotatable bonds is 4. The van der Waals surface area contributed by atoms with Crippen molar-refractivity contribution in [2.24, 2.45) is 0 Å². The zero-order valence-corrected chi connectivity index (χ0v) is 11.1. The van der Waals surface area contributed by atoms with Gasteiger partial charge in [-0.3, -0.25) is 0 Å². The summed E-state index contributed by atoms with van der Waals surface area (Å²) in [5, 5.41) is 11.5. The summed E-state index contributed by atoms with van der Waals surface area (Å²) in [6.07, 6.45) is 0. The van der Waals surface area contributed by atoms with Gasteiger partial charge in [0.05, 0.1) is 0 Å². The number of carboxylic acid groups (broad SMARTS) is 1. The van der Waals surface area contributed by atoms with Gasteiger partial charge in [-0.05, 0) is 35.2 Å². The average molecular weight is 285 g/mol. The maximum Gasteiger partial charge on any atom is 0.346 e. The van der Waals surface area contributed by atoms with Crippen LogP contribution in [-0.2, 0) is 5.75 Å². The Morgan fingerprint density at radius 2 is 2.24 bits per heavy atom. The summed E-state index contributed by atoms with van der Waals surface area (Å²) in [6, 6.07) is 9.39. The Hall–Kier alpha value is -0.970. The summed E-state index contributed by atoms with van der Waals surface area (Å²) in [7, 11) is 0. The molecule has 0 aliphatic carbocycles. The average Bonchev–Trinajstić information content (AvgIpc) is 2.74. The first kappa shape index (κ1) is 12.5. The molecule has 0 saturated heterocycles. The molecule has 0 aliphatic rings. The van der Waals surface area contributed by atoms with E-state index >= 15 is 0 Å². The Kier molecular flexibility index (Phi) is 4.10. The second-order valence-corrected chi connectivity index (χ2v) is 5.73. The zero-order valence-electron chi connectivity index (χ0n) is 8.72. The Bertz CT molecular complexity index is 537. The smallest absolute Gasteiger partial charge is 0.346 e. The van der Waals surface area contributed by atoms with Crippen molar-refractivity contribution in [1.29, 1.82) is 0 Å². The predicted octanol–water partition coefficient (Wildman–Crippen LogP) is 4.39. The van der Waals surface area contributed by atoms with E-state index in [2.05, 4.69) is 0 Å². The number of carboxylic acids is 1. The number of hydrogen-bond acceptors (Lipinski definition) is 3. The molecule has 17 heavy (non-hydrogen) atoms. The van der Waals surface area contributed by atoms with E-state index in [1.165, 1.54) is 11.3 Å². The van der Waals surface area contributed by atoms with Crippen LogP contribution in [0.3, 0.4) is 0 Å². The number of benzene rings is 1. The van der Waals surface area contributed by atoms with Crippen molar-refractivity contribution in [1.82, 2.24) is 0 Å². The van der Waals surface area contributed by atoms with Gasteiger partial charge in [-0.15, -0.1) is 23.1 Å². The van der Waals surface area contributed by atoms with E-state index in [4.69, 9.17) is 16.7 Å². The lowest BCUT2D eigenvalue weighted by Gasteiger charge is -2.02. The zero-order chi connectivity index (χ0) is 12.3. The highest BCUT2D eigenvalue weighted by Gasteiger charge is 2.11. The molecule has 2 rings (SSSR count). The maximum absolute atomic E-state index is 10.9. The molecule has 2 nitrogen and oxygen atoms in total. The first-order chi connectivity index (χ1) is 8.16. The van der Waals surface area contributed by atoms with E-state index in [1.54, 1.807) is 17.1 Å². The maximum atomic E-state index is 10.9. The Balaban J connectivity index is 2.07. The van der Waals surface area contributed by atoms with Crippen molar-refractivity contribution >= 4 is 40.7 Å². The topological polar surface area (TPSA) is 37.3 Å². The summed E-state index contributed by atoms with van der Waals surface area (Å²) in [4.78, 5) is 12.4. The molecule has 2 aromatic rings. The molecule has 0 unspecified atom stereocenters. The third-order valence-electron chi connectivity index (χ3n) is 2.13. The molecular weight excluding hydrogens is 276 g/mol. The first-order valence-corrected chi connectivity index (χ1v) is 7.09. The van der Waals surface area contributed by atoms with Gasteiger partial charge in [-0.1, -0.05) is 17.7 Å². The number of thioether (sulfide) groups is 1. The Labute approximate surface area is 112 Å². The quantitative estimate of drug-likeness (QED) is 0.846. The lowest BCUT2D eigenvalue weighted by atomic mass is 10.3. The van der Waals surface area contributed by atoms with Crippen LogP contribution in [0, 0.1) is 0 Å². The van der Waals surface area contributed by atoms with Gasteiger partial charge in [0.25, 0.3) is 0 Å². The molecule has 0 atom stereocenters. The number of aromatic carboxylic acids is 1. The van der Waals surface area contributed by atoms with Crippen molar-refractivity contribution in [3.63, 3.8) is 0 Å². The summed E-state index contributed by atoms with van der Waals surface area (Å²) >= 11 is 8.72. The fraction of sp³-hybridized carbons (Fsp3) is 0.0833. The number of halogens is 1. The van der Waals surface area contributed by atoms with Gasteiger partial charge in [0, 0.05) is 15.7 Å². The van der Waals surface area contributed by atoms with E-state index in [0.717, 1.165) is 10.5 Å². The molecule has 1 aromatic heterocycles. The molecule has 0 fully saturated rings. The van der Waals surface area contributed by atoms with Crippen LogP contribution in [0.15, 0.2) is 40.6 Å². The molecule has 1 N–H and O–H groups in total. The van der Waals surface area contributed by atoms with E-state index in [0.29, 0.717) is 15.7 Å². The molecule has 0 aliphatic heterocycles. The van der Waals surface area contributed by atoms with Crippen molar-refractivity contribution in [3.05, 3.63) is 51.2 Å². The van der Waals surface area contributed by atoms with Gasteiger partial charge < -0.3 is 5.11 Å². The van der Waals surface area contributed by atoms with Crippen LogP contribution in [0.2, 0.25) is 5.02 Å². The monoisotopic (exact) mass is 284 g/mol. The molecule has 5 heteroatoms. The molecule has 0 radical (unpaired) electrons. The highest BCUT2D eigenvalue weighted by molar-refractivity contribution is 7.98. The molecule has 1 aromatic carbocycles. The summed E-state index contributed by atoms with van der Waals surface area (Å²) < 4.78 is 0. The largest absolute Gasteiger partial charge is 0.477 e. The van der Waals surface area contributed by atoms with Crippen LogP contribution in [0.25, 0.3) is 0 Å². The lowest BCUT2D eigenvalue weighted by Crippen LogP contribution is -1.96. The minimum atomic E-state index is -0.860. The summed E-state index contributed by atoms with van der Waals surface area (Å²) in [5.41, 5.74) is 0.854. The third kappa shape index (κ3) is 3.25.